The minimum atomic E-state index is -2.70. The highest BCUT2D eigenvalue weighted by Gasteiger charge is 2.45. The predicted molar refractivity (Wildman–Crippen MR) is 63.8 cm³/mol. The Labute approximate surface area is 102 Å². The Morgan fingerprint density at radius 2 is 1.61 bits per heavy atom. The zero-order valence-corrected chi connectivity index (χ0v) is 9.38. The Balaban J connectivity index is 2.34. The average Bonchev–Trinajstić information content (AvgIpc) is 2.35. The SMILES string of the molecule is O=C1Cc2cc3ccccc3cc2C(O)(O)C1=O. The number of rotatable bonds is 0. The monoisotopic (exact) mass is 242 g/mol. The molecule has 0 aliphatic heterocycles. The minimum Gasteiger partial charge on any atom is -0.356 e. The van der Waals surface area contributed by atoms with Crippen molar-refractivity contribution in [3.63, 3.8) is 0 Å². The Morgan fingerprint density at radius 1 is 1.00 bits per heavy atom. The third-order valence-electron chi connectivity index (χ3n) is 3.27. The maximum absolute atomic E-state index is 11.5. The van der Waals surface area contributed by atoms with Gasteiger partial charge in [0.05, 0.1) is 0 Å². The molecule has 0 saturated carbocycles. The van der Waals surface area contributed by atoms with Gasteiger partial charge in [-0.25, -0.2) is 0 Å². The number of Topliss-reactive ketones (excluding diaryl/α,β-unsaturated/α-hetero) is 2. The van der Waals surface area contributed by atoms with Gasteiger partial charge in [0.25, 0.3) is 11.6 Å². The van der Waals surface area contributed by atoms with Crippen molar-refractivity contribution in [2.45, 2.75) is 12.2 Å². The Kier molecular flexibility index (Phi) is 2.14. The van der Waals surface area contributed by atoms with Crippen LogP contribution >= 0.6 is 0 Å². The zero-order valence-electron chi connectivity index (χ0n) is 9.38. The second-order valence-corrected chi connectivity index (χ2v) is 4.46. The van der Waals surface area contributed by atoms with Crippen LogP contribution in [0.1, 0.15) is 11.1 Å². The van der Waals surface area contributed by atoms with Crippen molar-refractivity contribution in [3.05, 3.63) is 47.5 Å². The van der Waals surface area contributed by atoms with Crippen LogP contribution in [0.2, 0.25) is 0 Å². The molecular formula is C14H10O4. The van der Waals surface area contributed by atoms with E-state index in [1.165, 1.54) is 0 Å². The van der Waals surface area contributed by atoms with Gasteiger partial charge in [-0.1, -0.05) is 30.3 Å². The summed E-state index contributed by atoms with van der Waals surface area (Å²) in [6.07, 6.45) is -0.0815. The number of carbonyl (C=O) groups is 2. The number of hydrogen-bond donors (Lipinski definition) is 2. The molecule has 0 bridgehead atoms. The molecule has 2 N–H and O–H groups in total. The molecule has 4 nitrogen and oxygen atoms in total. The van der Waals surface area contributed by atoms with Crippen LogP contribution in [0.15, 0.2) is 36.4 Å². The number of aliphatic hydroxyl groups is 2. The van der Waals surface area contributed by atoms with Crippen molar-refractivity contribution in [1.29, 1.82) is 0 Å². The molecular weight excluding hydrogens is 232 g/mol. The average molecular weight is 242 g/mol. The van der Waals surface area contributed by atoms with E-state index in [2.05, 4.69) is 0 Å². The molecule has 0 unspecified atom stereocenters. The predicted octanol–water partition coefficient (Wildman–Crippen LogP) is 0.671. The lowest BCUT2D eigenvalue weighted by atomic mass is 9.83. The second-order valence-electron chi connectivity index (χ2n) is 4.46. The van der Waals surface area contributed by atoms with Crippen molar-refractivity contribution >= 4 is 22.3 Å². The summed E-state index contributed by atoms with van der Waals surface area (Å²) in [6, 6.07) is 10.6. The molecule has 0 saturated heterocycles. The highest BCUT2D eigenvalue weighted by molar-refractivity contribution is 6.41. The van der Waals surface area contributed by atoms with E-state index >= 15 is 0 Å². The Hall–Kier alpha value is -2.04. The first-order valence-electron chi connectivity index (χ1n) is 5.54. The summed E-state index contributed by atoms with van der Waals surface area (Å²) in [7, 11) is 0. The van der Waals surface area contributed by atoms with Crippen molar-refractivity contribution < 1.29 is 19.8 Å². The van der Waals surface area contributed by atoms with Gasteiger partial charge in [0.15, 0.2) is 0 Å². The van der Waals surface area contributed by atoms with E-state index in [4.69, 9.17) is 0 Å². The molecule has 2 aromatic rings. The highest BCUT2D eigenvalue weighted by atomic mass is 16.5. The van der Waals surface area contributed by atoms with E-state index in [0.29, 0.717) is 5.56 Å². The lowest BCUT2D eigenvalue weighted by Crippen LogP contribution is -2.45. The normalized spacial score (nSPS) is 17.9. The summed E-state index contributed by atoms with van der Waals surface area (Å²) in [6.45, 7) is 0. The largest absolute Gasteiger partial charge is 0.356 e. The molecule has 1 aliphatic carbocycles. The summed E-state index contributed by atoms with van der Waals surface area (Å²) in [4.78, 5) is 22.9. The van der Waals surface area contributed by atoms with Gasteiger partial charge < -0.3 is 10.2 Å². The van der Waals surface area contributed by atoms with Gasteiger partial charge in [-0.3, -0.25) is 9.59 Å². The minimum absolute atomic E-state index is 0.0815. The maximum atomic E-state index is 11.5. The standard InChI is InChI=1S/C14H10O4/c15-12-7-10-5-8-3-1-2-4-9(8)6-11(10)14(17,18)13(12)16/h1-6,17-18H,7H2. The van der Waals surface area contributed by atoms with Crippen LogP contribution in [0.3, 0.4) is 0 Å². The molecule has 0 spiro atoms. The molecule has 0 atom stereocenters. The van der Waals surface area contributed by atoms with Gasteiger partial charge in [0.1, 0.15) is 0 Å². The summed E-state index contributed by atoms with van der Waals surface area (Å²) in [5, 5.41) is 21.3. The molecule has 0 heterocycles. The highest BCUT2D eigenvalue weighted by Crippen LogP contribution is 2.32. The first kappa shape index (κ1) is 11.1. The third kappa shape index (κ3) is 1.40. The first-order chi connectivity index (χ1) is 8.50. The Bertz CT molecular complexity index is 685. The van der Waals surface area contributed by atoms with Crippen LogP contribution in [-0.4, -0.2) is 21.8 Å². The fraction of sp³-hybridized carbons (Fsp3) is 0.143. The maximum Gasteiger partial charge on any atom is 0.262 e. The summed E-state index contributed by atoms with van der Waals surface area (Å²) in [5.74, 6) is -4.64. The van der Waals surface area contributed by atoms with E-state index in [9.17, 15) is 19.8 Å². The van der Waals surface area contributed by atoms with Crippen molar-refractivity contribution in [3.8, 4) is 0 Å². The van der Waals surface area contributed by atoms with Gasteiger partial charge in [-0.05, 0) is 22.4 Å². The smallest absolute Gasteiger partial charge is 0.262 e. The van der Waals surface area contributed by atoms with Crippen LogP contribution in [0.25, 0.3) is 10.8 Å². The molecule has 1 aliphatic rings. The van der Waals surface area contributed by atoms with Crippen LogP contribution in [-0.2, 0) is 21.8 Å². The number of benzene rings is 2. The van der Waals surface area contributed by atoms with E-state index in [0.717, 1.165) is 10.8 Å². The second kappa shape index (κ2) is 3.48. The molecule has 2 aromatic carbocycles. The zero-order chi connectivity index (χ0) is 12.9. The molecule has 0 aromatic heterocycles. The first-order valence-corrected chi connectivity index (χ1v) is 5.54. The molecule has 3 rings (SSSR count). The van der Waals surface area contributed by atoms with Gasteiger partial charge in [0, 0.05) is 12.0 Å². The fourth-order valence-corrected chi connectivity index (χ4v) is 2.33. The number of fused-ring (bicyclic) bond motifs is 2. The quantitative estimate of drug-likeness (QED) is 0.526. The molecule has 90 valence electrons. The van der Waals surface area contributed by atoms with Crippen molar-refractivity contribution in [1.82, 2.24) is 0 Å². The van der Waals surface area contributed by atoms with Crippen molar-refractivity contribution in [2.24, 2.45) is 0 Å². The van der Waals surface area contributed by atoms with Gasteiger partial charge in [0.2, 0.25) is 5.78 Å². The van der Waals surface area contributed by atoms with Crippen LogP contribution in [0, 0.1) is 0 Å². The van der Waals surface area contributed by atoms with Gasteiger partial charge in [-0.2, -0.15) is 0 Å². The van der Waals surface area contributed by atoms with E-state index in [1.54, 1.807) is 12.1 Å². The van der Waals surface area contributed by atoms with Crippen LogP contribution < -0.4 is 0 Å². The number of hydrogen-bond acceptors (Lipinski definition) is 4. The molecule has 18 heavy (non-hydrogen) atoms. The summed E-state index contributed by atoms with van der Waals surface area (Å²) < 4.78 is 0. The molecule has 0 amide bonds. The number of ketones is 2. The van der Waals surface area contributed by atoms with Crippen LogP contribution in [0.4, 0.5) is 0 Å². The molecule has 4 heteroatoms. The van der Waals surface area contributed by atoms with Crippen LogP contribution in [0.5, 0.6) is 0 Å². The van der Waals surface area contributed by atoms with E-state index in [-0.39, 0.29) is 12.0 Å². The lowest BCUT2D eigenvalue weighted by Gasteiger charge is -2.27. The van der Waals surface area contributed by atoms with Gasteiger partial charge >= 0.3 is 0 Å². The lowest BCUT2D eigenvalue weighted by molar-refractivity contribution is -0.190. The van der Waals surface area contributed by atoms with Gasteiger partial charge in [-0.15, -0.1) is 0 Å². The fourth-order valence-electron chi connectivity index (χ4n) is 2.33. The summed E-state index contributed by atoms with van der Waals surface area (Å²) >= 11 is 0. The van der Waals surface area contributed by atoms with E-state index in [1.807, 2.05) is 24.3 Å². The van der Waals surface area contributed by atoms with Crippen molar-refractivity contribution in [2.75, 3.05) is 0 Å². The topological polar surface area (TPSA) is 74.6 Å². The third-order valence-corrected chi connectivity index (χ3v) is 3.27. The number of carbonyl (C=O) groups excluding carboxylic acids is 2. The van der Waals surface area contributed by atoms with E-state index < -0.39 is 17.4 Å². The Morgan fingerprint density at radius 3 is 2.28 bits per heavy atom. The molecule has 0 fully saturated rings. The summed E-state index contributed by atoms with van der Waals surface area (Å²) in [5.41, 5.74) is 0.592. The molecule has 0 radical (unpaired) electrons.